The zero-order chi connectivity index (χ0) is 20.1. The second kappa shape index (κ2) is 9.34. The van der Waals surface area contributed by atoms with E-state index in [2.05, 4.69) is 10.4 Å². The number of hydrogen-bond acceptors (Lipinski definition) is 4. The summed E-state index contributed by atoms with van der Waals surface area (Å²) in [6.45, 7) is 6.22. The van der Waals surface area contributed by atoms with Crippen LogP contribution in [0.1, 0.15) is 47.6 Å². The van der Waals surface area contributed by atoms with Gasteiger partial charge in [0, 0.05) is 44.5 Å². The lowest BCUT2D eigenvalue weighted by Crippen LogP contribution is -2.37. The molecule has 1 aromatic heterocycles. The van der Waals surface area contributed by atoms with E-state index < -0.39 is 0 Å². The van der Waals surface area contributed by atoms with Crippen molar-refractivity contribution in [1.29, 1.82) is 0 Å². The smallest absolute Gasteiger partial charge is 0.274 e. The van der Waals surface area contributed by atoms with Gasteiger partial charge in [-0.1, -0.05) is 30.3 Å². The first-order chi connectivity index (χ1) is 13.5. The summed E-state index contributed by atoms with van der Waals surface area (Å²) < 4.78 is 7.50. The Kier molecular flexibility index (Phi) is 6.86. The molecule has 0 fully saturated rings. The summed E-state index contributed by atoms with van der Waals surface area (Å²) in [4.78, 5) is 14.8. The molecule has 6 nitrogen and oxygen atoms in total. The summed E-state index contributed by atoms with van der Waals surface area (Å²) in [5.41, 5.74) is 4.00. The Morgan fingerprint density at radius 3 is 2.82 bits per heavy atom. The number of amides is 1. The number of nitrogens with zero attached hydrogens (tertiary/aromatic N) is 3. The SMILES string of the molecule is CC(C)OCCN[C@H]1CCc2c(c(C(=O)N(C)Cc3ccccc3)nn2C)C1. The number of fused-ring (bicyclic) bond motifs is 1. The summed E-state index contributed by atoms with van der Waals surface area (Å²) in [5.74, 6) is -0.00973. The van der Waals surface area contributed by atoms with E-state index in [9.17, 15) is 4.79 Å². The van der Waals surface area contributed by atoms with Crippen molar-refractivity contribution < 1.29 is 9.53 Å². The van der Waals surface area contributed by atoms with Crippen molar-refractivity contribution in [2.75, 3.05) is 20.2 Å². The molecule has 1 aliphatic carbocycles. The number of nitrogens with one attached hydrogen (secondary N) is 1. The third-order valence-electron chi connectivity index (χ3n) is 5.25. The van der Waals surface area contributed by atoms with Gasteiger partial charge in [0.25, 0.3) is 5.91 Å². The minimum atomic E-state index is -0.00973. The van der Waals surface area contributed by atoms with Crippen LogP contribution in [0.15, 0.2) is 30.3 Å². The second-order valence-corrected chi connectivity index (χ2v) is 7.86. The van der Waals surface area contributed by atoms with Gasteiger partial charge in [-0.3, -0.25) is 9.48 Å². The maximum absolute atomic E-state index is 13.1. The predicted octanol–water partition coefficient (Wildman–Crippen LogP) is 2.56. The van der Waals surface area contributed by atoms with Crippen LogP contribution in [-0.4, -0.2) is 52.9 Å². The molecule has 1 heterocycles. The Balaban J connectivity index is 1.66. The van der Waals surface area contributed by atoms with Crippen LogP contribution in [0.5, 0.6) is 0 Å². The van der Waals surface area contributed by atoms with Gasteiger partial charge in [0.05, 0.1) is 12.7 Å². The van der Waals surface area contributed by atoms with Crippen LogP contribution in [-0.2, 0) is 31.2 Å². The lowest BCUT2D eigenvalue weighted by molar-refractivity contribution is 0.0772. The third kappa shape index (κ3) is 5.00. The van der Waals surface area contributed by atoms with Crippen LogP contribution in [0.3, 0.4) is 0 Å². The molecule has 2 aromatic rings. The van der Waals surface area contributed by atoms with Gasteiger partial charge < -0.3 is 15.0 Å². The minimum absolute atomic E-state index is 0.00973. The number of benzene rings is 1. The van der Waals surface area contributed by atoms with Gasteiger partial charge in [-0.15, -0.1) is 0 Å². The van der Waals surface area contributed by atoms with Crippen molar-refractivity contribution in [2.45, 2.75) is 51.8 Å². The number of carbonyl (C=O) groups is 1. The van der Waals surface area contributed by atoms with Crippen LogP contribution < -0.4 is 5.32 Å². The quantitative estimate of drug-likeness (QED) is 0.711. The Bertz CT molecular complexity index is 785. The second-order valence-electron chi connectivity index (χ2n) is 7.86. The Morgan fingerprint density at radius 1 is 1.36 bits per heavy atom. The molecule has 6 heteroatoms. The molecule has 1 N–H and O–H groups in total. The number of rotatable bonds is 8. The highest BCUT2D eigenvalue weighted by Crippen LogP contribution is 2.25. The fraction of sp³-hybridized carbons (Fsp3) is 0.545. The molecule has 0 bridgehead atoms. The maximum Gasteiger partial charge on any atom is 0.274 e. The summed E-state index contributed by atoms with van der Waals surface area (Å²) in [5, 5.41) is 8.16. The largest absolute Gasteiger partial charge is 0.377 e. The zero-order valence-corrected chi connectivity index (χ0v) is 17.4. The van der Waals surface area contributed by atoms with E-state index in [1.165, 1.54) is 5.69 Å². The predicted molar refractivity (Wildman–Crippen MR) is 110 cm³/mol. The monoisotopic (exact) mass is 384 g/mol. The van der Waals surface area contributed by atoms with Crippen molar-refractivity contribution in [1.82, 2.24) is 20.0 Å². The van der Waals surface area contributed by atoms with Gasteiger partial charge in [0.15, 0.2) is 5.69 Å². The van der Waals surface area contributed by atoms with Gasteiger partial charge in [-0.2, -0.15) is 5.10 Å². The molecule has 1 amide bonds. The molecule has 0 unspecified atom stereocenters. The molecule has 1 aromatic carbocycles. The van der Waals surface area contributed by atoms with E-state index in [-0.39, 0.29) is 12.0 Å². The van der Waals surface area contributed by atoms with Crippen molar-refractivity contribution >= 4 is 5.91 Å². The van der Waals surface area contributed by atoms with Gasteiger partial charge in [-0.05, 0) is 38.7 Å². The van der Waals surface area contributed by atoms with Crippen LogP contribution in [0.4, 0.5) is 0 Å². The minimum Gasteiger partial charge on any atom is -0.377 e. The molecular formula is C22H32N4O2. The molecule has 0 saturated heterocycles. The highest BCUT2D eigenvalue weighted by molar-refractivity contribution is 5.94. The number of carbonyl (C=O) groups excluding carboxylic acids is 1. The van der Waals surface area contributed by atoms with Crippen LogP contribution in [0, 0.1) is 0 Å². The van der Waals surface area contributed by atoms with Gasteiger partial charge in [-0.25, -0.2) is 0 Å². The summed E-state index contributed by atoms with van der Waals surface area (Å²) in [6.07, 6.45) is 3.09. The van der Waals surface area contributed by atoms with Crippen molar-refractivity contribution in [2.24, 2.45) is 7.05 Å². The molecule has 1 atom stereocenters. The zero-order valence-electron chi connectivity index (χ0n) is 17.4. The Morgan fingerprint density at radius 2 is 2.11 bits per heavy atom. The maximum atomic E-state index is 13.1. The average molecular weight is 385 g/mol. The lowest BCUT2D eigenvalue weighted by Gasteiger charge is -2.25. The Labute approximate surface area is 167 Å². The first-order valence-corrected chi connectivity index (χ1v) is 10.1. The fourth-order valence-electron chi connectivity index (χ4n) is 3.80. The van der Waals surface area contributed by atoms with Crippen molar-refractivity contribution in [3.8, 4) is 0 Å². The van der Waals surface area contributed by atoms with Crippen molar-refractivity contribution in [3.05, 3.63) is 52.8 Å². The molecule has 0 spiro atoms. The number of aromatic nitrogens is 2. The van der Waals surface area contributed by atoms with Crippen LogP contribution in [0.25, 0.3) is 0 Å². The topological polar surface area (TPSA) is 59.4 Å². The molecule has 1 aliphatic rings. The highest BCUT2D eigenvalue weighted by Gasteiger charge is 2.29. The Hall–Kier alpha value is -2.18. The van der Waals surface area contributed by atoms with Gasteiger partial charge >= 0.3 is 0 Å². The molecule has 28 heavy (non-hydrogen) atoms. The highest BCUT2D eigenvalue weighted by atomic mass is 16.5. The number of ether oxygens (including phenoxy) is 1. The van der Waals surface area contributed by atoms with E-state index in [1.807, 2.05) is 63.0 Å². The molecular weight excluding hydrogens is 352 g/mol. The van der Waals surface area contributed by atoms with E-state index >= 15 is 0 Å². The van der Waals surface area contributed by atoms with Gasteiger partial charge in [0.2, 0.25) is 0 Å². The molecule has 0 aliphatic heterocycles. The van der Waals surface area contributed by atoms with Gasteiger partial charge in [0.1, 0.15) is 0 Å². The van der Waals surface area contributed by atoms with E-state index in [0.29, 0.717) is 24.9 Å². The fourth-order valence-corrected chi connectivity index (χ4v) is 3.80. The first-order valence-electron chi connectivity index (χ1n) is 10.1. The van der Waals surface area contributed by atoms with Crippen molar-refractivity contribution in [3.63, 3.8) is 0 Å². The first kappa shape index (κ1) is 20.6. The molecule has 3 rings (SSSR count). The van der Waals surface area contributed by atoms with Crippen LogP contribution >= 0.6 is 0 Å². The molecule has 0 saturated carbocycles. The third-order valence-corrected chi connectivity index (χ3v) is 5.25. The van der Waals surface area contributed by atoms with Crippen LogP contribution in [0.2, 0.25) is 0 Å². The van der Waals surface area contributed by atoms with E-state index in [1.54, 1.807) is 4.90 Å². The summed E-state index contributed by atoms with van der Waals surface area (Å²) in [7, 11) is 3.79. The average Bonchev–Trinajstić information content (AvgIpc) is 3.01. The number of aryl methyl sites for hydroxylation is 1. The normalized spacial score (nSPS) is 16.2. The molecule has 152 valence electrons. The standard InChI is InChI=1S/C22H32N4O2/c1-16(2)28-13-12-23-18-10-11-20-19(14-18)21(24-26(20)4)22(27)25(3)15-17-8-6-5-7-9-17/h5-9,16,18,23H,10-15H2,1-4H3/t18-/m0/s1. The lowest BCUT2D eigenvalue weighted by atomic mass is 9.91. The number of hydrogen-bond donors (Lipinski definition) is 1. The summed E-state index contributed by atoms with van der Waals surface area (Å²) in [6, 6.07) is 10.4. The van der Waals surface area contributed by atoms with E-state index in [0.717, 1.165) is 36.9 Å². The summed E-state index contributed by atoms with van der Waals surface area (Å²) >= 11 is 0. The van der Waals surface area contributed by atoms with E-state index in [4.69, 9.17) is 4.74 Å². The molecule has 0 radical (unpaired) electrons.